The highest BCUT2D eigenvalue weighted by molar-refractivity contribution is 5.95. The van der Waals surface area contributed by atoms with E-state index in [-0.39, 0.29) is 11.8 Å². The molecule has 1 aliphatic carbocycles. The maximum absolute atomic E-state index is 11.6. The minimum absolute atomic E-state index is 0.111. The van der Waals surface area contributed by atoms with Gasteiger partial charge in [-0.1, -0.05) is 0 Å². The fourth-order valence-electron chi connectivity index (χ4n) is 1.71. The van der Waals surface area contributed by atoms with Gasteiger partial charge in [0, 0.05) is 18.5 Å². The van der Waals surface area contributed by atoms with Crippen molar-refractivity contribution in [1.29, 1.82) is 0 Å². The van der Waals surface area contributed by atoms with Crippen LogP contribution in [0.15, 0.2) is 22.6 Å². The topological polar surface area (TPSA) is 55.1 Å². The molecule has 0 saturated heterocycles. The van der Waals surface area contributed by atoms with Gasteiger partial charge in [-0.2, -0.15) is 0 Å². The van der Waals surface area contributed by atoms with Crippen molar-refractivity contribution < 1.29 is 9.21 Å². The molecule has 0 aliphatic heterocycles. The van der Waals surface area contributed by atoms with E-state index in [0.29, 0.717) is 5.89 Å². The van der Waals surface area contributed by atoms with Crippen molar-refractivity contribution in [2.24, 2.45) is 5.92 Å². The van der Waals surface area contributed by atoms with Crippen LogP contribution in [-0.4, -0.2) is 10.9 Å². The van der Waals surface area contributed by atoms with Crippen LogP contribution in [-0.2, 0) is 4.79 Å². The Kier molecular flexibility index (Phi) is 1.96. The third-order valence-corrected chi connectivity index (χ3v) is 2.71. The number of carbonyl (C=O) groups is 1. The molecule has 1 saturated carbocycles. The molecular formula is C12H12N2O2. The molecule has 1 aliphatic rings. The van der Waals surface area contributed by atoms with Gasteiger partial charge in [0.15, 0.2) is 11.5 Å². The number of hydrogen-bond acceptors (Lipinski definition) is 3. The molecule has 1 amide bonds. The Morgan fingerprint density at radius 2 is 2.31 bits per heavy atom. The van der Waals surface area contributed by atoms with Gasteiger partial charge in [-0.3, -0.25) is 4.79 Å². The second-order valence-electron chi connectivity index (χ2n) is 4.18. The van der Waals surface area contributed by atoms with Crippen molar-refractivity contribution in [3.63, 3.8) is 0 Å². The summed E-state index contributed by atoms with van der Waals surface area (Å²) in [5.41, 5.74) is 2.32. The third kappa shape index (κ3) is 1.66. The largest absolute Gasteiger partial charge is 0.441 e. The summed E-state index contributed by atoms with van der Waals surface area (Å²) in [5.74, 6) is 0.968. The molecule has 0 unspecified atom stereocenters. The molecule has 16 heavy (non-hydrogen) atoms. The molecule has 1 heterocycles. The summed E-state index contributed by atoms with van der Waals surface area (Å²) >= 11 is 0. The molecule has 2 aromatic rings. The molecule has 0 spiro atoms. The number of rotatable bonds is 2. The molecule has 4 heteroatoms. The molecule has 1 aromatic heterocycles. The Bertz CT molecular complexity index is 555. The average molecular weight is 216 g/mol. The molecule has 3 rings (SSSR count). The van der Waals surface area contributed by atoms with Crippen molar-refractivity contribution in [2.45, 2.75) is 19.8 Å². The number of anilines is 1. The maximum atomic E-state index is 11.6. The van der Waals surface area contributed by atoms with Crippen LogP contribution in [0.1, 0.15) is 18.7 Å². The average Bonchev–Trinajstić information content (AvgIpc) is 3.01. The van der Waals surface area contributed by atoms with Crippen LogP contribution in [0.5, 0.6) is 0 Å². The molecule has 1 fully saturated rings. The number of hydrogen-bond donors (Lipinski definition) is 1. The maximum Gasteiger partial charge on any atom is 0.227 e. The number of fused-ring (bicyclic) bond motifs is 1. The highest BCUT2D eigenvalue weighted by Gasteiger charge is 2.29. The van der Waals surface area contributed by atoms with E-state index < -0.39 is 0 Å². The number of aromatic nitrogens is 1. The van der Waals surface area contributed by atoms with E-state index in [1.807, 2.05) is 25.1 Å². The SMILES string of the molecule is Cc1nc2cc(NC(=O)C3CC3)ccc2o1. The van der Waals surface area contributed by atoms with Crippen molar-refractivity contribution >= 4 is 22.7 Å². The van der Waals surface area contributed by atoms with Crippen molar-refractivity contribution in [2.75, 3.05) is 5.32 Å². The van der Waals surface area contributed by atoms with Crippen LogP contribution >= 0.6 is 0 Å². The Balaban J connectivity index is 1.88. The predicted molar refractivity (Wildman–Crippen MR) is 60.1 cm³/mol. The van der Waals surface area contributed by atoms with E-state index in [2.05, 4.69) is 10.3 Å². The summed E-state index contributed by atoms with van der Waals surface area (Å²) in [6.07, 6.45) is 2.02. The Morgan fingerprint density at radius 1 is 1.50 bits per heavy atom. The first kappa shape index (κ1) is 9.39. The first-order valence-electron chi connectivity index (χ1n) is 5.40. The molecule has 0 bridgehead atoms. The lowest BCUT2D eigenvalue weighted by atomic mass is 10.2. The summed E-state index contributed by atoms with van der Waals surface area (Å²) < 4.78 is 5.36. The second-order valence-corrected chi connectivity index (χ2v) is 4.18. The number of amides is 1. The molecule has 0 atom stereocenters. The Hall–Kier alpha value is -1.84. The van der Waals surface area contributed by atoms with Crippen LogP contribution < -0.4 is 5.32 Å². The summed E-state index contributed by atoms with van der Waals surface area (Å²) in [6, 6.07) is 5.51. The zero-order valence-corrected chi connectivity index (χ0v) is 8.99. The molecule has 82 valence electrons. The fourth-order valence-corrected chi connectivity index (χ4v) is 1.71. The first-order valence-corrected chi connectivity index (χ1v) is 5.40. The van der Waals surface area contributed by atoms with E-state index in [1.54, 1.807) is 0 Å². The summed E-state index contributed by atoms with van der Waals surface area (Å²) in [7, 11) is 0. The zero-order valence-electron chi connectivity index (χ0n) is 8.99. The highest BCUT2D eigenvalue weighted by atomic mass is 16.3. The molecule has 1 N–H and O–H groups in total. The van der Waals surface area contributed by atoms with Crippen molar-refractivity contribution in [3.05, 3.63) is 24.1 Å². The van der Waals surface area contributed by atoms with Crippen molar-refractivity contribution in [3.8, 4) is 0 Å². The van der Waals surface area contributed by atoms with Crippen LogP contribution in [0.4, 0.5) is 5.69 Å². The number of nitrogens with one attached hydrogen (secondary N) is 1. The number of nitrogens with zero attached hydrogens (tertiary/aromatic N) is 1. The van der Waals surface area contributed by atoms with Gasteiger partial charge in [0.1, 0.15) is 5.52 Å². The van der Waals surface area contributed by atoms with Gasteiger partial charge in [-0.25, -0.2) is 4.98 Å². The monoisotopic (exact) mass is 216 g/mol. The van der Waals surface area contributed by atoms with Crippen LogP contribution in [0.25, 0.3) is 11.1 Å². The standard InChI is InChI=1S/C12H12N2O2/c1-7-13-10-6-9(4-5-11(10)16-7)14-12(15)8-2-3-8/h4-6,8H,2-3H2,1H3,(H,14,15). The van der Waals surface area contributed by atoms with E-state index in [0.717, 1.165) is 29.6 Å². The minimum atomic E-state index is 0.111. The Labute approximate surface area is 92.7 Å². The van der Waals surface area contributed by atoms with Gasteiger partial charge in [0.25, 0.3) is 0 Å². The lowest BCUT2D eigenvalue weighted by Crippen LogP contribution is -2.12. The van der Waals surface area contributed by atoms with Crippen LogP contribution in [0.2, 0.25) is 0 Å². The lowest BCUT2D eigenvalue weighted by molar-refractivity contribution is -0.117. The van der Waals surface area contributed by atoms with E-state index in [4.69, 9.17) is 4.42 Å². The fraction of sp³-hybridized carbons (Fsp3) is 0.333. The molecular weight excluding hydrogens is 204 g/mol. The normalized spacial score (nSPS) is 15.3. The van der Waals surface area contributed by atoms with E-state index in [1.165, 1.54) is 0 Å². The van der Waals surface area contributed by atoms with E-state index in [9.17, 15) is 4.79 Å². The van der Waals surface area contributed by atoms with E-state index >= 15 is 0 Å². The lowest BCUT2D eigenvalue weighted by Gasteiger charge is -2.02. The predicted octanol–water partition coefficient (Wildman–Crippen LogP) is 2.48. The minimum Gasteiger partial charge on any atom is -0.441 e. The second kappa shape index (κ2) is 3.33. The van der Waals surface area contributed by atoms with Gasteiger partial charge >= 0.3 is 0 Å². The summed E-state index contributed by atoms with van der Waals surface area (Å²) in [4.78, 5) is 15.8. The zero-order chi connectivity index (χ0) is 11.1. The quantitative estimate of drug-likeness (QED) is 0.839. The number of carbonyl (C=O) groups excluding carboxylic acids is 1. The smallest absolute Gasteiger partial charge is 0.227 e. The molecule has 4 nitrogen and oxygen atoms in total. The molecule has 1 aromatic carbocycles. The van der Waals surface area contributed by atoms with Crippen molar-refractivity contribution in [1.82, 2.24) is 4.98 Å². The van der Waals surface area contributed by atoms with Gasteiger partial charge in [-0.05, 0) is 31.0 Å². The number of oxazole rings is 1. The first-order chi connectivity index (χ1) is 7.72. The Morgan fingerprint density at radius 3 is 3.06 bits per heavy atom. The van der Waals surface area contributed by atoms with Gasteiger partial charge in [-0.15, -0.1) is 0 Å². The summed E-state index contributed by atoms with van der Waals surface area (Å²) in [6.45, 7) is 1.81. The highest BCUT2D eigenvalue weighted by Crippen LogP contribution is 2.30. The molecule has 0 radical (unpaired) electrons. The van der Waals surface area contributed by atoms with Gasteiger partial charge in [0.2, 0.25) is 5.91 Å². The third-order valence-electron chi connectivity index (χ3n) is 2.71. The number of benzene rings is 1. The van der Waals surface area contributed by atoms with Crippen LogP contribution in [0.3, 0.4) is 0 Å². The van der Waals surface area contributed by atoms with Gasteiger partial charge < -0.3 is 9.73 Å². The summed E-state index contributed by atoms with van der Waals surface area (Å²) in [5, 5.41) is 2.88. The van der Waals surface area contributed by atoms with Crippen LogP contribution in [0, 0.1) is 12.8 Å². The van der Waals surface area contributed by atoms with Gasteiger partial charge in [0.05, 0.1) is 0 Å². The number of aryl methyl sites for hydroxylation is 1.